The van der Waals surface area contributed by atoms with Gasteiger partial charge in [0, 0.05) is 19.1 Å². The summed E-state index contributed by atoms with van der Waals surface area (Å²) in [5, 5.41) is 11.0. The monoisotopic (exact) mass is 230 g/mol. The second kappa shape index (κ2) is 6.32. The van der Waals surface area contributed by atoms with Gasteiger partial charge in [-0.3, -0.25) is 0 Å². The Morgan fingerprint density at radius 2 is 2.31 bits per heavy atom. The fourth-order valence-corrected chi connectivity index (χ4v) is 1.73. The van der Waals surface area contributed by atoms with Crippen molar-refractivity contribution in [3.05, 3.63) is 0 Å². The first-order chi connectivity index (χ1) is 7.61. The summed E-state index contributed by atoms with van der Waals surface area (Å²) in [6.45, 7) is 3.06. The normalized spacial score (nSPS) is 19.8. The van der Waals surface area contributed by atoms with Gasteiger partial charge in [0.2, 0.25) is 0 Å². The van der Waals surface area contributed by atoms with Crippen molar-refractivity contribution in [2.45, 2.75) is 25.8 Å². The van der Waals surface area contributed by atoms with Crippen LogP contribution in [0.2, 0.25) is 0 Å². The molecule has 16 heavy (non-hydrogen) atoms. The molecule has 0 saturated carbocycles. The van der Waals surface area contributed by atoms with Gasteiger partial charge in [0.05, 0.1) is 6.61 Å². The van der Waals surface area contributed by atoms with E-state index in [-0.39, 0.29) is 19.2 Å². The van der Waals surface area contributed by atoms with Crippen molar-refractivity contribution < 1.29 is 19.4 Å². The third kappa shape index (κ3) is 4.06. The van der Waals surface area contributed by atoms with E-state index in [4.69, 9.17) is 9.84 Å². The maximum atomic E-state index is 11.6. The molecule has 1 unspecified atom stereocenters. The zero-order chi connectivity index (χ0) is 12.0. The molecule has 1 saturated heterocycles. The van der Waals surface area contributed by atoms with Gasteiger partial charge in [0.1, 0.15) is 6.61 Å². The minimum Gasteiger partial charge on any atom is -0.480 e. The molecule has 0 spiro atoms. The number of carbonyl (C=O) groups is 2. The Hall–Kier alpha value is -1.30. The lowest BCUT2D eigenvalue weighted by Gasteiger charge is -2.21. The Labute approximate surface area is 94.6 Å². The number of ether oxygens (including phenoxy) is 1. The molecule has 2 amide bonds. The SMILES string of the molecule is CC1CCCN1C(=O)NCCOCC(=O)O. The van der Waals surface area contributed by atoms with E-state index in [1.165, 1.54) is 0 Å². The number of nitrogens with zero attached hydrogens (tertiary/aromatic N) is 1. The summed E-state index contributed by atoms with van der Waals surface area (Å²) >= 11 is 0. The Morgan fingerprint density at radius 1 is 1.56 bits per heavy atom. The van der Waals surface area contributed by atoms with Gasteiger partial charge < -0.3 is 20.1 Å². The molecule has 6 heteroatoms. The molecule has 92 valence electrons. The van der Waals surface area contributed by atoms with Crippen LogP contribution in [0.15, 0.2) is 0 Å². The fraction of sp³-hybridized carbons (Fsp3) is 0.800. The van der Waals surface area contributed by atoms with E-state index in [0.29, 0.717) is 12.6 Å². The molecule has 0 aliphatic carbocycles. The quantitative estimate of drug-likeness (QED) is 0.665. The summed E-state index contributed by atoms with van der Waals surface area (Å²) in [4.78, 5) is 23.5. The molecule has 0 radical (unpaired) electrons. The van der Waals surface area contributed by atoms with Crippen LogP contribution in [0.25, 0.3) is 0 Å². The molecule has 1 aliphatic rings. The van der Waals surface area contributed by atoms with E-state index in [9.17, 15) is 9.59 Å². The lowest BCUT2D eigenvalue weighted by molar-refractivity contribution is -0.142. The average Bonchev–Trinajstić information content (AvgIpc) is 2.63. The summed E-state index contributed by atoms with van der Waals surface area (Å²) in [5.74, 6) is -1.00. The fourth-order valence-electron chi connectivity index (χ4n) is 1.73. The van der Waals surface area contributed by atoms with Gasteiger partial charge >= 0.3 is 12.0 Å². The van der Waals surface area contributed by atoms with E-state index in [1.54, 1.807) is 4.90 Å². The van der Waals surface area contributed by atoms with Crippen molar-refractivity contribution in [3.8, 4) is 0 Å². The predicted molar refractivity (Wildman–Crippen MR) is 57.3 cm³/mol. The molecular formula is C10H18N2O4. The largest absolute Gasteiger partial charge is 0.480 e. The summed E-state index contributed by atoms with van der Waals surface area (Å²) in [5.41, 5.74) is 0. The molecule has 1 fully saturated rings. The highest BCUT2D eigenvalue weighted by Crippen LogP contribution is 2.15. The van der Waals surface area contributed by atoms with Crippen molar-refractivity contribution in [3.63, 3.8) is 0 Å². The third-order valence-corrected chi connectivity index (χ3v) is 2.56. The number of carboxylic acids is 1. The number of nitrogens with one attached hydrogen (secondary N) is 1. The standard InChI is InChI=1S/C10H18N2O4/c1-8-3-2-5-12(8)10(15)11-4-6-16-7-9(13)14/h8H,2-7H2,1H3,(H,11,15)(H,13,14). The number of likely N-dealkylation sites (tertiary alicyclic amines) is 1. The van der Waals surface area contributed by atoms with Crippen LogP contribution in [0.5, 0.6) is 0 Å². The maximum Gasteiger partial charge on any atom is 0.329 e. The van der Waals surface area contributed by atoms with Crippen LogP contribution in [0.4, 0.5) is 4.79 Å². The maximum absolute atomic E-state index is 11.6. The van der Waals surface area contributed by atoms with Crippen molar-refractivity contribution >= 4 is 12.0 Å². The molecule has 6 nitrogen and oxygen atoms in total. The van der Waals surface area contributed by atoms with E-state index >= 15 is 0 Å². The highest BCUT2D eigenvalue weighted by atomic mass is 16.5. The minimum atomic E-state index is -1.00. The van der Waals surface area contributed by atoms with Crippen LogP contribution in [0.3, 0.4) is 0 Å². The number of urea groups is 1. The number of hydrogen-bond acceptors (Lipinski definition) is 3. The summed E-state index contributed by atoms with van der Waals surface area (Å²) < 4.78 is 4.80. The van der Waals surface area contributed by atoms with Gasteiger partial charge in [-0.1, -0.05) is 0 Å². The zero-order valence-corrected chi connectivity index (χ0v) is 9.44. The zero-order valence-electron chi connectivity index (χ0n) is 9.44. The van der Waals surface area contributed by atoms with Gasteiger partial charge in [0.25, 0.3) is 0 Å². The smallest absolute Gasteiger partial charge is 0.329 e. The molecular weight excluding hydrogens is 212 g/mol. The molecule has 0 aromatic rings. The number of aliphatic carboxylic acids is 1. The van der Waals surface area contributed by atoms with E-state index in [1.807, 2.05) is 6.92 Å². The Bertz CT molecular complexity index is 257. The second-order valence-corrected chi connectivity index (χ2v) is 3.86. The van der Waals surface area contributed by atoms with Crippen molar-refractivity contribution in [1.29, 1.82) is 0 Å². The molecule has 0 aromatic heterocycles. The Morgan fingerprint density at radius 3 is 2.88 bits per heavy atom. The van der Waals surface area contributed by atoms with E-state index in [0.717, 1.165) is 19.4 Å². The van der Waals surface area contributed by atoms with Crippen LogP contribution < -0.4 is 5.32 Å². The number of rotatable bonds is 5. The molecule has 1 aliphatic heterocycles. The predicted octanol–water partition coefficient (Wildman–Crippen LogP) is 0.281. The van der Waals surface area contributed by atoms with E-state index < -0.39 is 5.97 Å². The lowest BCUT2D eigenvalue weighted by atomic mass is 10.2. The first-order valence-electron chi connectivity index (χ1n) is 5.45. The van der Waals surface area contributed by atoms with Gasteiger partial charge in [0.15, 0.2) is 0 Å². The number of amides is 2. The van der Waals surface area contributed by atoms with Crippen LogP contribution >= 0.6 is 0 Å². The van der Waals surface area contributed by atoms with Gasteiger partial charge in [-0.2, -0.15) is 0 Å². The average molecular weight is 230 g/mol. The molecule has 1 atom stereocenters. The van der Waals surface area contributed by atoms with Crippen molar-refractivity contribution in [1.82, 2.24) is 10.2 Å². The first-order valence-corrected chi connectivity index (χ1v) is 5.45. The van der Waals surface area contributed by atoms with Gasteiger partial charge in [-0.15, -0.1) is 0 Å². The first kappa shape index (κ1) is 12.8. The summed E-state index contributed by atoms with van der Waals surface area (Å²) in [7, 11) is 0. The molecule has 1 rings (SSSR count). The molecule has 1 heterocycles. The Kier molecular flexibility index (Phi) is 5.04. The van der Waals surface area contributed by atoms with Gasteiger partial charge in [-0.25, -0.2) is 9.59 Å². The van der Waals surface area contributed by atoms with Crippen LogP contribution in [0, 0.1) is 0 Å². The topological polar surface area (TPSA) is 78.9 Å². The highest BCUT2D eigenvalue weighted by molar-refractivity contribution is 5.74. The summed E-state index contributed by atoms with van der Waals surface area (Å²) in [6, 6.07) is 0.198. The number of hydrogen-bond donors (Lipinski definition) is 2. The number of carboxylic acid groups (broad SMARTS) is 1. The molecule has 0 bridgehead atoms. The number of carbonyl (C=O) groups excluding carboxylic acids is 1. The molecule has 0 aromatic carbocycles. The van der Waals surface area contributed by atoms with Crippen molar-refractivity contribution in [2.75, 3.05) is 26.3 Å². The lowest BCUT2D eigenvalue weighted by Crippen LogP contribution is -2.42. The minimum absolute atomic E-state index is 0.0936. The second-order valence-electron chi connectivity index (χ2n) is 3.86. The van der Waals surface area contributed by atoms with Crippen LogP contribution in [0.1, 0.15) is 19.8 Å². The Balaban J connectivity index is 2.08. The van der Waals surface area contributed by atoms with Crippen molar-refractivity contribution in [2.24, 2.45) is 0 Å². The third-order valence-electron chi connectivity index (χ3n) is 2.56. The summed E-state index contributed by atoms with van der Waals surface area (Å²) in [6.07, 6.45) is 2.09. The van der Waals surface area contributed by atoms with E-state index in [2.05, 4.69) is 5.32 Å². The van der Waals surface area contributed by atoms with Gasteiger partial charge in [-0.05, 0) is 19.8 Å². The molecule has 2 N–H and O–H groups in total. The highest BCUT2D eigenvalue weighted by Gasteiger charge is 2.24. The van der Waals surface area contributed by atoms with Crippen LogP contribution in [-0.2, 0) is 9.53 Å². The van der Waals surface area contributed by atoms with Crippen LogP contribution in [-0.4, -0.2) is 54.4 Å².